The summed E-state index contributed by atoms with van der Waals surface area (Å²) in [5.74, 6) is -0.767. The van der Waals surface area contributed by atoms with Crippen LogP contribution in [0, 0.1) is 12.9 Å². The summed E-state index contributed by atoms with van der Waals surface area (Å²) in [6, 6.07) is 6.31. The molecule has 82 valence electrons. The summed E-state index contributed by atoms with van der Waals surface area (Å²) in [6.07, 6.45) is 1.29. The minimum atomic E-state index is -0.565. The maximum absolute atomic E-state index is 12.5. The van der Waals surface area contributed by atoms with Crippen LogP contribution < -0.4 is 5.32 Å². The van der Waals surface area contributed by atoms with Crippen molar-refractivity contribution in [2.45, 2.75) is 6.92 Å². The molecule has 2 aromatic heterocycles. The van der Waals surface area contributed by atoms with Gasteiger partial charge in [0.1, 0.15) is 0 Å². The fourth-order valence-electron chi connectivity index (χ4n) is 1.20. The third-order valence-electron chi connectivity index (χ3n) is 1.95. The number of aryl methyl sites for hydroxylation is 1. The zero-order valence-corrected chi connectivity index (χ0v) is 9.34. The monoisotopic (exact) mass is 236 g/mol. The lowest BCUT2D eigenvalue weighted by molar-refractivity contribution is 0.103. The average Bonchev–Trinajstić information content (AvgIpc) is 2.68. The first-order chi connectivity index (χ1) is 7.65. The normalized spacial score (nSPS) is 10.1. The summed E-state index contributed by atoms with van der Waals surface area (Å²) >= 11 is 1.41. The minimum absolute atomic E-state index is 0.202. The summed E-state index contributed by atoms with van der Waals surface area (Å²) in [4.78, 5) is 16.8. The molecule has 0 atom stereocenters. The van der Waals surface area contributed by atoms with Crippen LogP contribution in [0.25, 0.3) is 0 Å². The number of carbonyl (C=O) groups is 1. The van der Waals surface area contributed by atoms with Crippen molar-refractivity contribution in [3.63, 3.8) is 0 Å². The summed E-state index contributed by atoms with van der Waals surface area (Å²) in [5, 5.41) is 2.64. The molecule has 0 saturated heterocycles. The zero-order valence-electron chi connectivity index (χ0n) is 8.53. The molecule has 16 heavy (non-hydrogen) atoms. The van der Waals surface area contributed by atoms with Gasteiger partial charge in [0.05, 0.1) is 16.8 Å². The first kappa shape index (κ1) is 10.8. The summed E-state index contributed by atoms with van der Waals surface area (Å²) in [6.45, 7) is 1.93. The van der Waals surface area contributed by atoms with Gasteiger partial charge in [0.2, 0.25) is 5.95 Å². The molecular weight excluding hydrogens is 227 g/mol. The quantitative estimate of drug-likeness (QED) is 0.815. The van der Waals surface area contributed by atoms with E-state index in [4.69, 9.17) is 0 Å². The lowest BCUT2D eigenvalue weighted by Gasteiger charge is -2.01. The van der Waals surface area contributed by atoms with Crippen LogP contribution in [0.15, 0.2) is 30.5 Å². The van der Waals surface area contributed by atoms with Gasteiger partial charge in [-0.1, -0.05) is 0 Å². The fraction of sp³-hybridized carbons (Fsp3) is 0.0909. The van der Waals surface area contributed by atoms with Crippen molar-refractivity contribution >= 4 is 22.9 Å². The number of aromatic nitrogens is 1. The Labute approximate surface area is 96.0 Å². The Bertz CT molecular complexity index is 507. The van der Waals surface area contributed by atoms with Gasteiger partial charge in [0.15, 0.2) is 0 Å². The van der Waals surface area contributed by atoms with Crippen LogP contribution in [0.3, 0.4) is 0 Å². The molecule has 2 aromatic rings. The van der Waals surface area contributed by atoms with Crippen molar-refractivity contribution in [3.05, 3.63) is 46.2 Å². The van der Waals surface area contributed by atoms with Crippen molar-refractivity contribution in [2.24, 2.45) is 0 Å². The molecule has 0 aliphatic rings. The van der Waals surface area contributed by atoms with Gasteiger partial charge < -0.3 is 5.32 Å². The number of rotatable bonds is 2. The van der Waals surface area contributed by atoms with Gasteiger partial charge in [-0.15, -0.1) is 11.3 Å². The van der Waals surface area contributed by atoms with Gasteiger partial charge in [-0.05, 0) is 31.2 Å². The van der Waals surface area contributed by atoms with E-state index in [9.17, 15) is 9.18 Å². The first-order valence-corrected chi connectivity index (χ1v) is 5.46. The van der Waals surface area contributed by atoms with Crippen LogP contribution in [0.5, 0.6) is 0 Å². The molecule has 1 N–H and O–H groups in total. The van der Waals surface area contributed by atoms with Crippen molar-refractivity contribution in [3.8, 4) is 0 Å². The maximum atomic E-state index is 12.5. The molecule has 2 heterocycles. The van der Waals surface area contributed by atoms with Crippen LogP contribution >= 0.6 is 11.3 Å². The predicted octanol–water partition coefficient (Wildman–Crippen LogP) is 2.84. The van der Waals surface area contributed by atoms with E-state index in [2.05, 4.69) is 10.3 Å². The Morgan fingerprint density at radius 2 is 2.19 bits per heavy atom. The number of anilines is 1. The van der Waals surface area contributed by atoms with E-state index in [0.29, 0.717) is 10.6 Å². The lowest BCUT2D eigenvalue weighted by atomic mass is 10.3. The summed E-state index contributed by atoms with van der Waals surface area (Å²) in [7, 11) is 0. The highest BCUT2D eigenvalue weighted by Crippen LogP contribution is 2.16. The minimum Gasteiger partial charge on any atom is -0.320 e. The van der Waals surface area contributed by atoms with Gasteiger partial charge in [-0.3, -0.25) is 4.79 Å². The molecule has 1 amide bonds. The summed E-state index contributed by atoms with van der Waals surface area (Å²) in [5.41, 5.74) is 0.484. The van der Waals surface area contributed by atoms with Crippen LogP contribution in [0.1, 0.15) is 14.5 Å². The molecule has 0 spiro atoms. The van der Waals surface area contributed by atoms with Gasteiger partial charge in [0, 0.05) is 4.88 Å². The van der Waals surface area contributed by atoms with E-state index in [0.717, 1.165) is 4.88 Å². The van der Waals surface area contributed by atoms with E-state index in [1.807, 2.05) is 13.0 Å². The number of pyridine rings is 1. The Hall–Kier alpha value is -1.75. The third kappa shape index (κ3) is 2.43. The van der Waals surface area contributed by atoms with Crippen molar-refractivity contribution in [1.82, 2.24) is 4.98 Å². The van der Waals surface area contributed by atoms with Crippen molar-refractivity contribution < 1.29 is 9.18 Å². The van der Waals surface area contributed by atoms with E-state index >= 15 is 0 Å². The van der Waals surface area contributed by atoms with E-state index in [-0.39, 0.29) is 5.91 Å². The number of hydrogen-bond donors (Lipinski definition) is 1. The largest absolute Gasteiger partial charge is 0.320 e. The molecule has 0 aliphatic carbocycles. The van der Waals surface area contributed by atoms with Gasteiger partial charge in [0.25, 0.3) is 5.91 Å². The molecular formula is C11H9FN2OS. The highest BCUT2D eigenvalue weighted by molar-refractivity contribution is 7.14. The first-order valence-electron chi connectivity index (χ1n) is 4.64. The van der Waals surface area contributed by atoms with Gasteiger partial charge in [-0.2, -0.15) is 4.39 Å². The summed E-state index contributed by atoms with van der Waals surface area (Å²) < 4.78 is 12.5. The van der Waals surface area contributed by atoms with E-state index in [1.165, 1.54) is 29.7 Å². The molecule has 0 fully saturated rings. The topological polar surface area (TPSA) is 42.0 Å². The Balaban J connectivity index is 2.10. The van der Waals surface area contributed by atoms with Gasteiger partial charge in [-0.25, -0.2) is 4.98 Å². The second-order valence-electron chi connectivity index (χ2n) is 3.23. The zero-order chi connectivity index (χ0) is 11.5. The molecule has 0 radical (unpaired) electrons. The molecule has 0 aromatic carbocycles. The van der Waals surface area contributed by atoms with Crippen LogP contribution in [-0.4, -0.2) is 10.9 Å². The third-order valence-corrected chi connectivity index (χ3v) is 2.95. The van der Waals surface area contributed by atoms with Crippen molar-refractivity contribution in [2.75, 3.05) is 5.32 Å². The van der Waals surface area contributed by atoms with Crippen molar-refractivity contribution in [1.29, 1.82) is 0 Å². The number of nitrogens with zero attached hydrogens (tertiary/aromatic N) is 1. The standard InChI is InChI=1S/C11H9FN2OS/c1-7-2-4-9(16-7)11(15)14-8-3-5-10(12)13-6-8/h2-6H,1H3,(H,14,15). The highest BCUT2D eigenvalue weighted by Gasteiger charge is 2.08. The number of carbonyl (C=O) groups excluding carboxylic acids is 1. The number of amides is 1. The number of nitrogens with one attached hydrogen (secondary N) is 1. The molecule has 0 unspecified atom stereocenters. The lowest BCUT2D eigenvalue weighted by Crippen LogP contribution is -2.10. The molecule has 5 heteroatoms. The smallest absolute Gasteiger partial charge is 0.265 e. The van der Waals surface area contributed by atoms with E-state index < -0.39 is 5.95 Å². The molecule has 3 nitrogen and oxygen atoms in total. The van der Waals surface area contributed by atoms with Crippen LogP contribution in [0.2, 0.25) is 0 Å². The Morgan fingerprint density at radius 3 is 2.75 bits per heavy atom. The molecule has 2 rings (SSSR count). The highest BCUT2D eigenvalue weighted by atomic mass is 32.1. The fourth-order valence-corrected chi connectivity index (χ4v) is 1.96. The SMILES string of the molecule is Cc1ccc(C(=O)Nc2ccc(F)nc2)s1. The number of hydrogen-bond acceptors (Lipinski definition) is 3. The van der Waals surface area contributed by atoms with E-state index in [1.54, 1.807) is 6.07 Å². The maximum Gasteiger partial charge on any atom is 0.265 e. The second kappa shape index (κ2) is 4.40. The molecule has 0 saturated carbocycles. The Kier molecular flexibility index (Phi) is 2.96. The molecule has 0 aliphatic heterocycles. The van der Waals surface area contributed by atoms with Gasteiger partial charge >= 0.3 is 0 Å². The molecule has 0 bridgehead atoms. The predicted molar refractivity (Wildman–Crippen MR) is 61.2 cm³/mol. The Morgan fingerprint density at radius 1 is 1.38 bits per heavy atom. The number of thiophene rings is 1. The second-order valence-corrected chi connectivity index (χ2v) is 4.52. The van der Waals surface area contributed by atoms with Crippen LogP contribution in [-0.2, 0) is 0 Å². The number of halogens is 1. The average molecular weight is 236 g/mol. The van der Waals surface area contributed by atoms with Crippen LogP contribution in [0.4, 0.5) is 10.1 Å².